The van der Waals surface area contributed by atoms with Crippen molar-refractivity contribution in [2.75, 3.05) is 7.11 Å². The molecule has 5 nitrogen and oxygen atoms in total. The molecule has 1 saturated heterocycles. The van der Waals surface area contributed by atoms with Gasteiger partial charge in [0.25, 0.3) is 0 Å². The van der Waals surface area contributed by atoms with Crippen molar-refractivity contribution in [3.05, 3.63) is 83.4 Å². The Bertz CT molecular complexity index is 968. The minimum Gasteiger partial charge on any atom is -0.497 e. The quantitative estimate of drug-likeness (QED) is 0.667. The zero-order valence-electron chi connectivity index (χ0n) is 16.3. The van der Waals surface area contributed by atoms with Crippen LogP contribution in [0.25, 0.3) is 0 Å². The molecule has 0 unspecified atom stereocenters. The standard InChI is InChI=1S/C22H24N4OS/c1-15-7-12-19(25(15)2)21-20(18-6-4-5-13-23-18)24-22(28)26(21)14-16-8-10-17(27-3)11-9-16/h4-13,20-21H,14H2,1-3H3,(H,24,28)/t20-,21-/m1/s1. The summed E-state index contributed by atoms with van der Waals surface area (Å²) in [6.45, 7) is 2.84. The smallest absolute Gasteiger partial charge is 0.170 e. The fourth-order valence-electron chi connectivity index (χ4n) is 3.76. The first kappa shape index (κ1) is 18.5. The van der Waals surface area contributed by atoms with Crippen LogP contribution >= 0.6 is 12.2 Å². The predicted octanol–water partition coefficient (Wildman–Crippen LogP) is 3.91. The van der Waals surface area contributed by atoms with E-state index in [1.54, 1.807) is 7.11 Å². The van der Waals surface area contributed by atoms with Crippen LogP contribution in [0.4, 0.5) is 0 Å². The summed E-state index contributed by atoms with van der Waals surface area (Å²) < 4.78 is 7.51. The molecule has 1 fully saturated rings. The first-order chi connectivity index (χ1) is 13.6. The fourth-order valence-corrected chi connectivity index (χ4v) is 4.06. The molecule has 0 aliphatic carbocycles. The van der Waals surface area contributed by atoms with Crippen LogP contribution in [-0.2, 0) is 13.6 Å². The fraction of sp³-hybridized carbons (Fsp3) is 0.273. The van der Waals surface area contributed by atoms with Gasteiger partial charge in [0.15, 0.2) is 5.11 Å². The van der Waals surface area contributed by atoms with Gasteiger partial charge in [0, 0.05) is 31.2 Å². The lowest BCUT2D eigenvalue weighted by Crippen LogP contribution is -2.30. The molecule has 0 saturated carbocycles. The molecule has 2 aromatic heterocycles. The summed E-state index contributed by atoms with van der Waals surface area (Å²) in [5, 5.41) is 4.25. The molecular weight excluding hydrogens is 368 g/mol. The summed E-state index contributed by atoms with van der Waals surface area (Å²) in [6.07, 6.45) is 1.83. The molecule has 0 amide bonds. The van der Waals surface area contributed by atoms with Crippen molar-refractivity contribution in [1.82, 2.24) is 19.8 Å². The molecule has 0 spiro atoms. The van der Waals surface area contributed by atoms with Gasteiger partial charge >= 0.3 is 0 Å². The number of ether oxygens (including phenoxy) is 1. The third-order valence-electron chi connectivity index (χ3n) is 5.42. The SMILES string of the molecule is COc1ccc(CN2C(=S)N[C@H](c3ccccn3)[C@H]2c2ccc(C)n2C)cc1. The highest BCUT2D eigenvalue weighted by Gasteiger charge is 2.41. The minimum atomic E-state index is -0.0000478. The molecule has 3 aromatic rings. The summed E-state index contributed by atoms with van der Waals surface area (Å²) in [4.78, 5) is 6.85. The Kier molecular flexibility index (Phi) is 5.05. The molecule has 4 rings (SSSR count). The molecule has 2 atom stereocenters. The minimum absolute atomic E-state index is 0.0000478. The molecule has 0 radical (unpaired) electrons. The number of aromatic nitrogens is 2. The number of pyridine rings is 1. The van der Waals surface area contributed by atoms with E-state index in [0.717, 1.165) is 16.6 Å². The highest BCUT2D eigenvalue weighted by molar-refractivity contribution is 7.80. The number of rotatable bonds is 5. The lowest BCUT2D eigenvalue weighted by Gasteiger charge is -2.28. The molecule has 6 heteroatoms. The van der Waals surface area contributed by atoms with Gasteiger partial charge in [0.05, 0.1) is 24.9 Å². The van der Waals surface area contributed by atoms with Crippen molar-refractivity contribution < 1.29 is 4.74 Å². The number of hydrogen-bond donors (Lipinski definition) is 1. The summed E-state index contributed by atoms with van der Waals surface area (Å²) in [5.74, 6) is 0.854. The van der Waals surface area contributed by atoms with Gasteiger partial charge < -0.3 is 19.5 Å². The van der Waals surface area contributed by atoms with Gasteiger partial charge in [-0.05, 0) is 61.1 Å². The van der Waals surface area contributed by atoms with Crippen LogP contribution in [0.2, 0.25) is 0 Å². The van der Waals surface area contributed by atoms with Crippen LogP contribution in [0.5, 0.6) is 5.75 Å². The van der Waals surface area contributed by atoms with Gasteiger partial charge in [-0.1, -0.05) is 18.2 Å². The maximum Gasteiger partial charge on any atom is 0.170 e. The summed E-state index contributed by atoms with van der Waals surface area (Å²) in [5.41, 5.74) is 4.61. The first-order valence-corrected chi connectivity index (χ1v) is 9.72. The average Bonchev–Trinajstić information content (AvgIpc) is 3.22. The monoisotopic (exact) mass is 392 g/mol. The Labute approximate surface area is 171 Å². The van der Waals surface area contributed by atoms with Gasteiger partial charge in [0.1, 0.15) is 5.75 Å². The lowest BCUT2D eigenvalue weighted by molar-refractivity contribution is 0.299. The van der Waals surface area contributed by atoms with Crippen LogP contribution < -0.4 is 10.1 Å². The van der Waals surface area contributed by atoms with Gasteiger partial charge in [-0.25, -0.2) is 0 Å². The number of aryl methyl sites for hydroxylation is 1. The topological polar surface area (TPSA) is 42.3 Å². The van der Waals surface area contributed by atoms with Crippen molar-refractivity contribution in [3.63, 3.8) is 0 Å². The maximum atomic E-state index is 5.75. The van der Waals surface area contributed by atoms with Crippen molar-refractivity contribution >= 4 is 17.3 Å². The maximum absolute atomic E-state index is 5.75. The second-order valence-corrected chi connectivity index (χ2v) is 7.45. The van der Waals surface area contributed by atoms with E-state index in [0.29, 0.717) is 6.54 Å². The highest BCUT2D eigenvalue weighted by atomic mass is 32.1. The van der Waals surface area contributed by atoms with Gasteiger partial charge in [-0.15, -0.1) is 0 Å². The zero-order valence-corrected chi connectivity index (χ0v) is 17.1. The Morgan fingerprint density at radius 3 is 2.50 bits per heavy atom. The van der Waals surface area contributed by atoms with Crippen LogP contribution in [0.1, 0.15) is 34.7 Å². The van der Waals surface area contributed by atoms with Gasteiger partial charge in [-0.3, -0.25) is 4.98 Å². The van der Waals surface area contributed by atoms with E-state index in [9.17, 15) is 0 Å². The molecule has 28 heavy (non-hydrogen) atoms. The normalized spacial score (nSPS) is 19.0. The van der Waals surface area contributed by atoms with Crippen LogP contribution in [0.3, 0.4) is 0 Å². The van der Waals surface area contributed by atoms with E-state index < -0.39 is 0 Å². The van der Waals surface area contributed by atoms with Crippen LogP contribution in [-0.4, -0.2) is 26.7 Å². The van der Waals surface area contributed by atoms with Crippen molar-refractivity contribution in [1.29, 1.82) is 0 Å². The predicted molar refractivity (Wildman–Crippen MR) is 114 cm³/mol. The molecule has 1 aliphatic rings. The third-order valence-corrected chi connectivity index (χ3v) is 5.78. The number of nitrogens with zero attached hydrogens (tertiary/aromatic N) is 3. The van der Waals surface area contributed by atoms with Crippen LogP contribution in [0, 0.1) is 6.92 Å². The van der Waals surface area contributed by atoms with E-state index in [1.165, 1.54) is 17.0 Å². The van der Waals surface area contributed by atoms with E-state index in [2.05, 4.69) is 64.1 Å². The first-order valence-electron chi connectivity index (χ1n) is 9.31. The molecule has 0 bridgehead atoms. The number of methoxy groups -OCH3 is 1. The molecule has 144 valence electrons. The number of thiocarbonyl (C=S) groups is 1. The third kappa shape index (κ3) is 3.36. The van der Waals surface area contributed by atoms with E-state index in [-0.39, 0.29) is 12.1 Å². The average molecular weight is 393 g/mol. The Morgan fingerprint density at radius 2 is 1.89 bits per heavy atom. The molecule has 3 heterocycles. The summed E-state index contributed by atoms with van der Waals surface area (Å²) in [7, 11) is 3.78. The van der Waals surface area contributed by atoms with Crippen molar-refractivity contribution in [3.8, 4) is 5.75 Å². The van der Waals surface area contributed by atoms with Crippen LogP contribution in [0.15, 0.2) is 60.8 Å². The molecule has 1 aromatic carbocycles. The van der Waals surface area contributed by atoms with E-state index >= 15 is 0 Å². The Balaban J connectivity index is 1.72. The lowest BCUT2D eigenvalue weighted by atomic mass is 10.0. The number of benzene rings is 1. The van der Waals surface area contributed by atoms with Gasteiger partial charge in [-0.2, -0.15) is 0 Å². The van der Waals surface area contributed by atoms with E-state index in [4.69, 9.17) is 17.0 Å². The molecule has 1 aliphatic heterocycles. The van der Waals surface area contributed by atoms with Crippen molar-refractivity contribution in [2.45, 2.75) is 25.6 Å². The van der Waals surface area contributed by atoms with Gasteiger partial charge in [0.2, 0.25) is 0 Å². The van der Waals surface area contributed by atoms with E-state index in [1.807, 2.05) is 30.5 Å². The highest BCUT2D eigenvalue weighted by Crippen LogP contribution is 2.39. The number of hydrogen-bond acceptors (Lipinski definition) is 3. The summed E-state index contributed by atoms with van der Waals surface area (Å²) >= 11 is 5.75. The molecule has 1 N–H and O–H groups in total. The summed E-state index contributed by atoms with van der Waals surface area (Å²) in [6, 6.07) is 18.6. The molecular formula is C22H24N4OS. The second kappa shape index (κ2) is 7.64. The second-order valence-electron chi connectivity index (χ2n) is 7.06. The largest absolute Gasteiger partial charge is 0.497 e. The van der Waals surface area contributed by atoms with Crippen molar-refractivity contribution in [2.24, 2.45) is 7.05 Å². The number of nitrogens with one attached hydrogen (secondary N) is 1. The Morgan fingerprint density at radius 1 is 1.11 bits per heavy atom. The Hall–Kier alpha value is -2.86. The zero-order chi connectivity index (χ0) is 19.7.